The molecule has 0 fully saturated rings. The Morgan fingerprint density at radius 2 is 1.75 bits per heavy atom. The predicted molar refractivity (Wildman–Crippen MR) is 212 cm³/mol. The highest BCUT2D eigenvalue weighted by molar-refractivity contribution is 8.00. The van der Waals surface area contributed by atoms with E-state index in [0.29, 0.717) is 45.2 Å². The molecule has 0 spiro atoms. The van der Waals surface area contributed by atoms with Gasteiger partial charge in [-0.15, -0.1) is 23.1 Å². The predicted octanol–water partition coefficient (Wildman–Crippen LogP) is 7.07. The number of phenols is 1. The second kappa shape index (κ2) is 18.0. The SMILES string of the molecule is CCOC(=O)c1c(NC(=O)CSc2cccc(NC(=O)/C(=C\c3ccc(O)cc3OC)NC(=O)c3ccccc3)c2)sc2c1CCN(C(=O)OC(C)(C)C)C2. The molecule has 4 aromatic rings. The Morgan fingerprint density at radius 1 is 0.982 bits per heavy atom. The van der Waals surface area contributed by atoms with Crippen molar-refractivity contribution in [2.75, 3.05) is 36.6 Å². The molecule has 0 aliphatic carbocycles. The Hall–Kier alpha value is -5.80. The van der Waals surface area contributed by atoms with Crippen LogP contribution in [0.25, 0.3) is 6.08 Å². The molecule has 0 unspecified atom stereocenters. The molecule has 5 rings (SSSR count). The molecular formula is C40H42N4O9S2. The molecule has 0 saturated carbocycles. The molecule has 13 nitrogen and oxygen atoms in total. The third-order valence-corrected chi connectivity index (χ3v) is 10.1. The first-order valence-electron chi connectivity index (χ1n) is 17.3. The smallest absolute Gasteiger partial charge is 0.410 e. The minimum absolute atomic E-state index is 0.0226. The van der Waals surface area contributed by atoms with Crippen LogP contribution < -0.4 is 20.7 Å². The van der Waals surface area contributed by atoms with Crippen molar-refractivity contribution in [2.24, 2.45) is 0 Å². The maximum Gasteiger partial charge on any atom is 0.410 e. The summed E-state index contributed by atoms with van der Waals surface area (Å²) in [7, 11) is 1.42. The Kier molecular flexibility index (Phi) is 13.2. The van der Waals surface area contributed by atoms with E-state index >= 15 is 0 Å². The molecule has 4 N–H and O–H groups in total. The van der Waals surface area contributed by atoms with Gasteiger partial charge < -0.3 is 40.2 Å². The van der Waals surface area contributed by atoms with Crippen molar-refractivity contribution in [3.8, 4) is 11.5 Å². The highest BCUT2D eigenvalue weighted by Crippen LogP contribution is 2.38. The fourth-order valence-corrected chi connectivity index (χ4v) is 7.51. The first-order chi connectivity index (χ1) is 26.2. The van der Waals surface area contributed by atoms with Crippen LogP contribution in [0.1, 0.15) is 64.4 Å². The van der Waals surface area contributed by atoms with Crippen molar-refractivity contribution in [2.45, 2.75) is 51.2 Å². The van der Waals surface area contributed by atoms with E-state index in [1.54, 1.807) is 93.3 Å². The maximum absolute atomic E-state index is 13.6. The summed E-state index contributed by atoms with van der Waals surface area (Å²) in [4.78, 5) is 68.8. The van der Waals surface area contributed by atoms with E-state index in [-0.39, 0.29) is 42.0 Å². The summed E-state index contributed by atoms with van der Waals surface area (Å²) in [5.41, 5.74) is 1.48. The van der Waals surface area contributed by atoms with Gasteiger partial charge >= 0.3 is 12.1 Å². The van der Waals surface area contributed by atoms with Crippen LogP contribution in [0, 0.1) is 0 Å². The first-order valence-corrected chi connectivity index (χ1v) is 19.1. The van der Waals surface area contributed by atoms with Crippen LogP contribution in [-0.2, 0) is 32.0 Å². The van der Waals surface area contributed by atoms with Crippen LogP contribution in [0.5, 0.6) is 11.5 Å². The number of aromatic hydroxyl groups is 1. The number of carbonyl (C=O) groups excluding carboxylic acids is 5. The molecule has 1 aromatic heterocycles. The molecule has 2 heterocycles. The zero-order valence-electron chi connectivity index (χ0n) is 31.0. The number of esters is 1. The zero-order valence-corrected chi connectivity index (χ0v) is 32.7. The number of amides is 4. The second-order valence-corrected chi connectivity index (χ2v) is 15.4. The Balaban J connectivity index is 1.28. The summed E-state index contributed by atoms with van der Waals surface area (Å²) in [6.07, 6.45) is 1.39. The van der Waals surface area contributed by atoms with E-state index in [1.807, 2.05) is 0 Å². The van der Waals surface area contributed by atoms with Crippen LogP contribution in [-0.4, -0.2) is 71.4 Å². The Labute approximate surface area is 327 Å². The minimum atomic E-state index is -0.658. The lowest BCUT2D eigenvalue weighted by atomic mass is 10.0. The van der Waals surface area contributed by atoms with E-state index < -0.39 is 29.5 Å². The number of thiophene rings is 1. The monoisotopic (exact) mass is 786 g/mol. The number of nitrogens with zero attached hydrogens (tertiary/aromatic N) is 1. The number of fused-ring (bicyclic) bond motifs is 1. The first kappa shape index (κ1) is 40.4. The molecule has 1 aliphatic heterocycles. The van der Waals surface area contributed by atoms with Crippen molar-refractivity contribution >= 4 is 69.6 Å². The molecule has 3 aromatic carbocycles. The molecule has 0 atom stereocenters. The van der Waals surface area contributed by atoms with Crippen molar-refractivity contribution in [1.82, 2.24) is 10.2 Å². The lowest BCUT2D eigenvalue weighted by Gasteiger charge is -2.30. The molecule has 0 bridgehead atoms. The largest absolute Gasteiger partial charge is 0.508 e. The molecule has 288 valence electrons. The fraction of sp³-hybridized carbons (Fsp3) is 0.275. The number of thioether (sulfide) groups is 1. The molecule has 1 aliphatic rings. The zero-order chi connectivity index (χ0) is 39.7. The lowest BCUT2D eigenvalue weighted by Crippen LogP contribution is -2.39. The number of hydrogen-bond donors (Lipinski definition) is 4. The van der Waals surface area contributed by atoms with Gasteiger partial charge in [0, 0.05) is 39.2 Å². The van der Waals surface area contributed by atoms with E-state index in [0.717, 1.165) is 10.4 Å². The number of anilines is 2. The van der Waals surface area contributed by atoms with E-state index in [9.17, 15) is 29.1 Å². The number of benzene rings is 3. The van der Waals surface area contributed by atoms with Crippen LogP contribution in [0.4, 0.5) is 15.5 Å². The molecule has 0 radical (unpaired) electrons. The lowest BCUT2D eigenvalue weighted by molar-refractivity contribution is -0.114. The second-order valence-electron chi connectivity index (χ2n) is 13.2. The minimum Gasteiger partial charge on any atom is -0.508 e. The van der Waals surface area contributed by atoms with Gasteiger partial charge in [0.2, 0.25) is 5.91 Å². The van der Waals surface area contributed by atoms with Gasteiger partial charge in [0.15, 0.2) is 0 Å². The van der Waals surface area contributed by atoms with E-state index in [4.69, 9.17) is 14.2 Å². The Bertz CT molecular complexity index is 2110. The number of rotatable bonds is 12. The third kappa shape index (κ3) is 10.9. The quantitative estimate of drug-likeness (QED) is 0.0661. The van der Waals surface area contributed by atoms with Gasteiger partial charge in [-0.3, -0.25) is 14.4 Å². The third-order valence-electron chi connectivity index (χ3n) is 7.95. The number of hydrogen-bond acceptors (Lipinski definition) is 11. The average molecular weight is 787 g/mol. The number of methoxy groups -OCH3 is 1. The van der Waals surface area contributed by atoms with Gasteiger partial charge in [-0.25, -0.2) is 9.59 Å². The van der Waals surface area contributed by atoms with E-state index in [2.05, 4.69) is 16.0 Å². The van der Waals surface area contributed by atoms with Crippen molar-refractivity contribution in [3.05, 3.63) is 106 Å². The Morgan fingerprint density at radius 3 is 2.45 bits per heavy atom. The summed E-state index contributed by atoms with van der Waals surface area (Å²) in [5.74, 6) is -1.82. The number of ether oxygens (including phenoxy) is 3. The van der Waals surface area contributed by atoms with Crippen LogP contribution in [0.2, 0.25) is 0 Å². The number of carbonyl (C=O) groups is 5. The standard InChI is InChI=1S/C40H42N4O9S2/c1-6-52-38(49)34-29-17-18-44(39(50)53-40(2,3)4)22-32(29)55-37(34)43-33(46)23-54-28-14-10-13-26(20-28)41-36(48)30(42-35(47)24-11-8-7-9-12-24)19-25-15-16-27(45)21-31(25)51-5/h7-16,19-21,45H,6,17-18,22-23H2,1-5H3,(H,41,48)(H,42,47)(H,43,46)/b30-19+. The van der Waals surface area contributed by atoms with Crippen LogP contribution in [0.15, 0.2) is 83.4 Å². The summed E-state index contributed by atoms with van der Waals surface area (Å²) >= 11 is 2.44. The number of phenolic OH excluding ortho intramolecular Hbond substituents is 1. The highest BCUT2D eigenvalue weighted by Gasteiger charge is 2.33. The van der Waals surface area contributed by atoms with Crippen LogP contribution >= 0.6 is 23.1 Å². The summed E-state index contributed by atoms with van der Waals surface area (Å²) in [6.45, 7) is 7.83. The highest BCUT2D eigenvalue weighted by atomic mass is 32.2. The average Bonchev–Trinajstić information content (AvgIpc) is 3.51. The van der Waals surface area contributed by atoms with Crippen molar-refractivity contribution in [3.63, 3.8) is 0 Å². The van der Waals surface area contributed by atoms with Gasteiger partial charge in [-0.1, -0.05) is 24.3 Å². The maximum atomic E-state index is 13.6. The van der Waals surface area contributed by atoms with Crippen molar-refractivity contribution in [1.29, 1.82) is 0 Å². The van der Waals surface area contributed by atoms with Crippen molar-refractivity contribution < 1.29 is 43.3 Å². The molecule has 15 heteroatoms. The molecule has 0 saturated heterocycles. The summed E-state index contributed by atoms with van der Waals surface area (Å²) < 4.78 is 16.2. The van der Waals surface area contributed by atoms with Gasteiger partial charge in [0.05, 0.1) is 31.6 Å². The summed E-state index contributed by atoms with van der Waals surface area (Å²) in [6, 6.07) is 19.7. The van der Waals surface area contributed by atoms with Gasteiger partial charge in [-0.2, -0.15) is 0 Å². The topological polar surface area (TPSA) is 173 Å². The fourth-order valence-electron chi connectivity index (χ4n) is 5.48. The normalized spacial score (nSPS) is 12.6. The van der Waals surface area contributed by atoms with Crippen LogP contribution in [0.3, 0.4) is 0 Å². The molecular weight excluding hydrogens is 745 g/mol. The molecule has 55 heavy (non-hydrogen) atoms. The van der Waals surface area contributed by atoms with Gasteiger partial charge in [0.25, 0.3) is 11.8 Å². The van der Waals surface area contributed by atoms with Gasteiger partial charge in [-0.05, 0) is 88.2 Å². The molecule has 4 amide bonds. The van der Waals surface area contributed by atoms with Gasteiger partial charge in [0.1, 0.15) is 27.8 Å². The summed E-state index contributed by atoms with van der Waals surface area (Å²) in [5, 5.41) is 18.6. The number of nitrogens with one attached hydrogen (secondary N) is 3. The van der Waals surface area contributed by atoms with E-state index in [1.165, 1.54) is 48.4 Å².